The van der Waals surface area contributed by atoms with Crippen LogP contribution in [0.5, 0.6) is 0 Å². The Bertz CT molecular complexity index is 553. The lowest BCUT2D eigenvalue weighted by molar-refractivity contribution is 0.00578. The van der Waals surface area contributed by atoms with Crippen molar-refractivity contribution in [3.8, 4) is 6.07 Å². The topological polar surface area (TPSA) is 55.1 Å². The third-order valence-corrected chi connectivity index (χ3v) is 4.06. The number of aromatic nitrogens is 1. The highest BCUT2D eigenvalue weighted by molar-refractivity contribution is 6.62. The molecule has 0 radical (unpaired) electrons. The first kappa shape index (κ1) is 15.0. The minimum absolute atomic E-state index is 0.125. The maximum Gasteiger partial charge on any atom is 0.497 e. The molecule has 0 bridgehead atoms. The molecule has 2 rings (SSSR count). The van der Waals surface area contributed by atoms with Gasteiger partial charge in [-0.15, -0.1) is 0 Å². The zero-order valence-electron chi connectivity index (χ0n) is 12.4. The van der Waals surface area contributed by atoms with Crippen LogP contribution in [0.25, 0.3) is 0 Å². The Morgan fingerprint density at radius 2 is 1.85 bits per heavy atom. The Hall–Kier alpha value is -1.45. The Kier molecular flexibility index (Phi) is 3.61. The van der Waals surface area contributed by atoms with Crippen molar-refractivity contribution in [1.29, 1.82) is 5.26 Å². The molecule has 0 saturated carbocycles. The lowest BCUT2D eigenvalue weighted by Gasteiger charge is -2.32. The highest BCUT2D eigenvalue weighted by Crippen LogP contribution is 2.36. The largest absolute Gasteiger partial charge is 0.497 e. The number of nitrogens with zero attached hydrogens (tertiary/aromatic N) is 2. The van der Waals surface area contributed by atoms with Gasteiger partial charge in [0.15, 0.2) is 0 Å². The van der Waals surface area contributed by atoms with Gasteiger partial charge in [-0.1, -0.05) is 0 Å². The van der Waals surface area contributed by atoms with E-state index in [1.165, 1.54) is 12.3 Å². The summed E-state index contributed by atoms with van der Waals surface area (Å²) >= 11 is 0. The predicted octanol–water partition coefficient (Wildman–Crippen LogP) is 2.15. The maximum atomic E-state index is 14.5. The van der Waals surface area contributed by atoms with E-state index in [0.717, 1.165) is 0 Å². The van der Waals surface area contributed by atoms with Gasteiger partial charge in [-0.2, -0.15) is 5.26 Å². The van der Waals surface area contributed by atoms with E-state index in [9.17, 15) is 4.39 Å². The molecule has 4 nitrogen and oxygen atoms in total. The molecule has 6 heteroatoms. The van der Waals surface area contributed by atoms with Crippen molar-refractivity contribution in [1.82, 2.24) is 4.98 Å². The fourth-order valence-corrected chi connectivity index (χ4v) is 1.99. The van der Waals surface area contributed by atoms with Crippen LogP contribution in [-0.4, -0.2) is 23.3 Å². The van der Waals surface area contributed by atoms with Gasteiger partial charge in [0.25, 0.3) is 0 Å². The molecule has 0 aromatic carbocycles. The van der Waals surface area contributed by atoms with Gasteiger partial charge >= 0.3 is 7.12 Å². The van der Waals surface area contributed by atoms with E-state index in [1.54, 1.807) is 6.92 Å². The van der Waals surface area contributed by atoms with Crippen LogP contribution in [0.4, 0.5) is 4.39 Å². The van der Waals surface area contributed by atoms with Crippen LogP contribution < -0.4 is 5.46 Å². The second-order valence-corrected chi connectivity index (χ2v) is 6.04. The Balaban J connectivity index is 2.39. The van der Waals surface area contributed by atoms with Gasteiger partial charge in [0.1, 0.15) is 5.82 Å². The van der Waals surface area contributed by atoms with E-state index in [4.69, 9.17) is 14.6 Å². The van der Waals surface area contributed by atoms with Crippen LogP contribution in [0.2, 0.25) is 0 Å². The van der Waals surface area contributed by atoms with Crippen molar-refractivity contribution in [2.45, 2.75) is 51.7 Å². The monoisotopic (exact) mass is 276 g/mol. The fraction of sp³-hybridized carbons (Fsp3) is 0.571. The first-order valence-electron chi connectivity index (χ1n) is 6.59. The maximum absolute atomic E-state index is 14.5. The lowest BCUT2D eigenvalue weighted by atomic mass is 9.78. The zero-order valence-corrected chi connectivity index (χ0v) is 12.4. The van der Waals surface area contributed by atoms with Crippen LogP contribution in [0.15, 0.2) is 12.3 Å². The van der Waals surface area contributed by atoms with Gasteiger partial charge in [-0.3, -0.25) is 4.98 Å². The fourth-order valence-electron chi connectivity index (χ4n) is 1.99. The minimum Gasteiger partial charge on any atom is -0.399 e. The van der Waals surface area contributed by atoms with Crippen molar-refractivity contribution in [3.63, 3.8) is 0 Å². The van der Waals surface area contributed by atoms with Gasteiger partial charge < -0.3 is 9.31 Å². The van der Waals surface area contributed by atoms with Crippen LogP contribution in [0.3, 0.4) is 0 Å². The zero-order chi connectivity index (χ0) is 15.1. The van der Waals surface area contributed by atoms with E-state index >= 15 is 0 Å². The molecule has 2 heterocycles. The highest BCUT2D eigenvalue weighted by Gasteiger charge is 2.52. The van der Waals surface area contributed by atoms with Crippen LogP contribution >= 0.6 is 0 Å². The Morgan fingerprint density at radius 1 is 1.30 bits per heavy atom. The highest BCUT2D eigenvalue weighted by atomic mass is 19.1. The van der Waals surface area contributed by atoms with Gasteiger partial charge in [0.2, 0.25) is 0 Å². The SMILES string of the molecule is CC(C#N)c1nccc(B2OC(C)(C)C(C)(C)O2)c1F. The van der Waals surface area contributed by atoms with Gasteiger partial charge in [-0.25, -0.2) is 4.39 Å². The second kappa shape index (κ2) is 4.83. The van der Waals surface area contributed by atoms with E-state index in [1.807, 2.05) is 33.8 Å². The number of halogens is 1. The van der Waals surface area contributed by atoms with Crippen LogP contribution in [-0.2, 0) is 9.31 Å². The first-order valence-corrected chi connectivity index (χ1v) is 6.59. The summed E-state index contributed by atoms with van der Waals surface area (Å²) < 4.78 is 26.1. The molecule has 1 fully saturated rings. The van der Waals surface area contributed by atoms with Crippen molar-refractivity contribution in [2.75, 3.05) is 0 Å². The van der Waals surface area contributed by atoms with Crippen LogP contribution in [0, 0.1) is 17.1 Å². The van der Waals surface area contributed by atoms with E-state index in [2.05, 4.69) is 4.98 Å². The third kappa shape index (κ3) is 2.32. The molecule has 1 aliphatic rings. The predicted molar refractivity (Wildman–Crippen MR) is 73.9 cm³/mol. The average Bonchev–Trinajstić information content (AvgIpc) is 2.57. The summed E-state index contributed by atoms with van der Waals surface area (Å²) in [6, 6.07) is 3.52. The molecular weight excluding hydrogens is 258 g/mol. The molecule has 20 heavy (non-hydrogen) atoms. The summed E-state index contributed by atoms with van der Waals surface area (Å²) in [5, 5.41) is 8.92. The summed E-state index contributed by atoms with van der Waals surface area (Å²) in [5.74, 6) is -1.14. The molecule has 1 unspecified atom stereocenters. The first-order chi connectivity index (χ1) is 9.19. The summed E-state index contributed by atoms with van der Waals surface area (Å²) in [6.45, 7) is 9.24. The van der Waals surface area contributed by atoms with Crippen molar-refractivity contribution in [3.05, 3.63) is 23.8 Å². The Labute approximate surface area is 119 Å². The molecule has 1 aromatic rings. The number of nitriles is 1. The third-order valence-electron chi connectivity index (χ3n) is 4.06. The molecule has 1 aliphatic heterocycles. The molecule has 0 amide bonds. The van der Waals surface area contributed by atoms with Crippen LogP contribution in [0.1, 0.15) is 46.2 Å². The summed E-state index contributed by atoms with van der Waals surface area (Å²) in [6.07, 6.45) is 1.48. The minimum atomic E-state index is -0.785. The van der Waals surface area contributed by atoms with Gasteiger partial charge in [0, 0.05) is 11.7 Å². The van der Waals surface area contributed by atoms with Crippen molar-refractivity contribution >= 4 is 12.6 Å². The lowest BCUT2D eigenvalue weighted by Crippen LogP contribution is -2.41. The molecule has 0 aliphatic carbocycles. The van der Waals surface area contributed by atoms with E-state index in [0.29, 0.717) is 0 Å². The second-order valence-electron chi connectivity index (χ2n) is 6.04. The van der Waals surface area contributed by atoms with E-state index in [-0.39, 0.29) is 11.2 Å². The molecule has 1 atom stereocenters. The summed E-state index contributed by atoms with van der Waals surface area (Å²) in [4.78, 5) is 3.95. The van der Waals surface area contributed by atoms with Crippen molar-refractivity contribution < 1.29 is 13.7 Å². The number of hydrogen-bond acceptors (Lipinski definition) is 4. The van der Waals surface area contributed by atoms with E-state index < -0.39 is 30.1 Å². The Morgan fingerprint density at radius 3 is 2.35 bits per heavy atom. The van der Waals surface area contributed by atoms with Gasteiger partial charge in [-0.05, 0) is 40.7 Å². The molecule has 0 N–H and O–H groups in total. The quantitative estimate of drug-likeness (QED) is 0.776. The number of rotatable bonds is 2. The summed E-state index contributed by atoms with van der Waals surface area (Å²) in [7, 11) is -0.785. The molecule has 0 spiro atoms. The molecule has 1 aromatic heterocycles. The number of pyridine rings is 1. The molecule has 106 valence electrons. The van der Waals surface area contributed by atoms with Gasteiger partial charge in [0.05, 0.1) is 28.9 Å². The summed E-state index contributed by atoms with van der Waals surface area (Å²) in [5.41, 5.74) is -0.654. The van der Waals surface area contributed by atoms with Crippen molar-refractivity contribution in [2.24, 2.45) is 0 Å². The average molecular weight is 276 g/mol. The molecule has 1 saturated heterocycles. The standard InChI is InChI=1S/C14H18BFN2O2/c1-9(8-17)12-11(16)10(6-7-18-12)15-19-13(2,3)14(4,5)20-15/h6-7,9H,1-5H3. The molecular formula is C14H18BFN2O2. The number of hydrogen-bond donors (Lipinski definition) is 0. The smallest absolute Gasteiger partial charge is 0.399 e. The normalized spacial score (nSPS) is 21.6.